The highest BCUT2D eigenvalue weighted by Crippen LogP contribution is 2.00. The second-order valence-corrected chi connectivity index (χ2v) is 3.15. The van der Waals surface area contributed by atoms with Gasteiger partial charge in [0.25, 0.3) is 0 Å². The largest absolute Gasteiger partial charge is 0.320 e. The maximum absolute atomic E-state index is 3.96. The van der Waals surface area contributed by atoms with Gasteiger partial charge >= 0.3 is 0 Å². The van der Waals surface area contributed by atoms with Gasteiger partial charge in [0.15, 0.2) is 0 Å². The summed E-state index contributed by atoms with van der Waals surface area (Å²) in [4.78, 5) is 0. The van der Waals surface area contributed by atoms with Gasteiger partial charge in [0.2, 0.25) is 0 Å². The molecule has 0 amide bonds. The van der Waals surface area contributed by atoms with Gasteiger partial charge < -0.3 is 10.6 Å². The van der Waals surface area contributed by atoms with Crippen molar-refractivity contribution in [1.29, 1.82) is 0 Å². The Balaban J connectivity index is 2.10. The molecule has 0 aliphatic rings. The summed E-state index contributed by atoms with van der Waals surface area (Å²) >= 11 is 0. The first-order valence-electron chi connectivity index (χ1n) is 4.68. The fraction of sp³-hybridized carbons (Fsp3) is 0.667. The SMILES string of the molecule is CNCCCNCc1cn[nH]c1C. The molecule has 74 valence electrons. The summed E-state index contributed by atoms with van der Waals surface area (Å²) in [6, 6.07) is 0. The highest BCUT2D eigenvalue weighted by atomic mass is 15.1. The molecule has 0 fully saturated rings. The van der Waals surface area contributed by atoms with Gasteiger partial charge in [-0.1, -0.05) is 0 Å². The number of hydrogen-bond acceptors (Lipinski definition) is 3. The van der Waals surface area contributed by atoms with Crippen molar-refractivity contribution in [3.63, 3.8) is 0 Å². The Bertz CT molecular complexity index is 231. The predicted octanol–water partition coefficient (Wildman–Crippen LogP) is 0.417. The lowest BCUT2D eigenvalue weighted by Crippen LogP contribution is -2.19. The number of hydrogen-bond donors (Lipinski definition) is 3. The summed E-state index contributed by atoms with van der Waals surface area (Å²) < 4.78 is 0. The third-order valence-corrected chi connectivity index (χ3v) is 2.03. The number of aryl methyl sites for hydroxylation is 1. The summed E-state index contributed by atoms with van der Waals surface area (Å²) in [5.41, 5.74) is 2.41. The molecular formula is C9H18N4. The summed E-state index contributed by atoms with van der Waals surface area (Å²) in [5.74, 6) is 0. The fourth-order valence-corrected chi connectivity index (χ4v) is 1.17. The van der Waals surface area contributed by atoms with Crippen LogP contribution in [-0.4, -0.2) is 30.3 Å². The van der Waals surface area contributed by atoms with Crippen molar-refractivity contribution in [3.05, 3.63) is 17.5 Å². The van der Waals surface area contributed by atoms with Crippen molar-refractivity contribution in [3.8, 4) is 0 Å². The maximum atomic E-state index is 3.96. The summed E-state index contributed by atoms with van der Waals surface area (Å²) in [5, 5.41) is 13.4. The van der Waals surface area contributed by atoms with Crippen molar-refractivity contribution in [2.24, 2.45) is 0 Å². The van der Waals surface area contributed by atoms with E-state index in [0.717, 1.165) is 31.7 Å². The minimum absolute atomic E-state index is 0.909. The molecule has 4 nitrogen and oxygen atoms in total. The van der Waals surface area contributed by atoms with Crippen molar-refractivity contribution >= 4 is 0 Å². The van der Waals surface area contributed by atoms with E-state index in [-0.39, 0.29) is 0 Å². The second-order valence-electron chi connectivity index (χ2n) is 3.15. The fourth-order valence-electron chi connectivity index (χ4n) is 1.17. The Morgan fingerprint density at radius 1 is 1.46 bits per heavy atom. The number of rotatable bonds is 6. The van der Waals surface area contributed by atoms with Gasteiger partial charge in [-0.3, -0.25) is 5.10 Å². The molecule has 0 unspecified atom stereocenters. The van der Waals surface area contributed by atoms with Gasteiger partial charge in [-0.05, 0) is 33.5 Å². The van der Waals surface area contributed by atoms with Crippen LogP contribution in [0.1, 0.15) is 17.7 Å². The zero-order valence-corrected chi connectivity index (χ0v) is 8.35. The average molecular weight is 182 g/mol. The van der Waals surface area contributed by atoms with Crippen LogP contribution >= 0.6 is 0 Å². The topological polar surface area (TPSA) is 52.7 Å². The van der Waals surface area contributed by atoms with Crippen LogP contribution in [0.5, 0.6) is 0 Å². The Hall–Kier alpha value is -0.870. The van der Waals surface area contributed by atoms with Crippen LogP contribution in [0, 0.1) is 6.92 Å². The van der Waals surface area contributed by atoms with E-state index in [1.807, 2.05) is 20.2 Å². The van der Waals surface area contributed by atoms with Crippen LogP contribution in [0.2, 0.25) is 0 Å². The Morgan fingerprint density at radius 2 is 2.31 bits per heavy atom. The second kappa shape index (κ2) is 5.72. The summed E-state index contributed by atoms with van der Waals surface area (Å²) in [6.07, 6.45) is 3.04. The quantitative estimate of drug-likeness (QED) is 0.559. The smallest absolute Gasteiger partial charge is 0.0535 e. The molecule has 0 bridgehead atoms. The van der Waals surface area contributed by atoms with Crippen LogP contribution < -0.4 is 10.6 Å². The van der Waals surface area contributed by atoms with E-state index in [1.165, 1.54) is 5.56 Å². The van der Waals surface area contributed by atoms with Gasteiger partial charge in [-0.15, -0.1) is 0 Å². The van der Waals surface area contributed by atoms with Crippen LogP contribution in [0.4, 0.5) is 0 Å². The van der Waals surface area contributed by atoms with E-state index in [9.17, 15) is 0 Å². The van der Waals surface area contributed by atoms with Crippen molar-refractivity contribution < 1.29 is 0 Å². The van der Waals surface area contributed by atoms with Crippen molar-refractivity contribution in [2.75, 3.05) is 20.1 Å². The van der Waals surface area contributed by atoms with E-state index in [1.54, 1.807) is 0 Å². The number of nitrogens with zero attached hydrogens (tertiary/aromatic N) is 1. The van der Waals surface area contributed by atoms with Crippen LogP contribution in [-0.2, 0) is 6.54 Å². The van der Waals surface area contributed by atoms with E-state index >= 15 is 0 Å². The molecule has 0 spiro atoms. The molecule has 4 heteroatoms. The highest BCUT2D eigenvalue weighted by molar-refractivity contribution is 5.13. The van der Waals surface area contributed by atoms with Crippen LogP contribution in [0.3, 0.4) is 0 Å². The number of aromatic nitrogens is 2. The zero-order valence-electron chi connectivity index (χ0n) is 8.35. The molecule has 0 saturated heterocycles. The Labute approximate surface area is 79.1 Å². The standard InChI is InChI=1S/C9H18N4/c1-8-9(7-12-13-8)6-11-5-3-4-10-2/h7,10-11H,3-6H2,1-2H3,(H,12,13). The highest BCUT2D eigenvalue weighted by Gasteiger charge is 1.97. The molecule has 3 N–H and O–H groups in total. The minimum atomic E-state index is 0.909. The lowest BCUT2D eigenvalue weighted by molar-refractivity contribution is 0.624. The van der Waals surface area contributed by atoms with E-state index in [2.05, 4.69) is 20.8 Å². The third-order valence-electron chi connectivity index (χ3n) is 2.03. The molecule has 0 saturated carbocycles. The van der Waals surface area contributed by atoms with Gasteiger partial charge in [-0.2, -0.15) is 5.10 Å². The molecule has 0 aliphatic heterocycles. The molecule has 1 rings (SSSR count). The third kappa shape index (κ3) is 3.57. The van der Waals surface area contributed by atoms with Crippen molar-refractivity contribution in [2.45, 2.75) is 19.9 Å². The van der Waals surface area contributed by atoms with Gasteiger partial charge in [0.1, 0.15) is 0 Å². The summed E-state index contributed by atoms with van der Waals surface area (Å²) in [6.45, 7) is 5.06. The molecule has 1 aromatic rings. The maximum Gasteiger partial charge on any atom is 0.0535 e. The van der Waals surface area contributed by atoms with Gasteiger partial charge in [0, 0.05) is 17.8 Å². The zero-order chi connectivity index (χ0) is 9.52. The molecule has 13 heavy (non-hydrogen) atoms. The van der Waals surface area contributed by atoms with E-state index < -0.39 is 0 Å². The van der Waals surface area contributed by atoms with Gasteiger partial charge in [0.05, 0.1) is 6.20 Å². The van der Waals surface area contributed by atoms with Crippen LogP contribution in [0.15, 0.2) is 6.20 Å². The lowest BCUT2D eigenvalue weighted by Gasteiger charge is -2.02. The first kappa shape index (κ1) is 10.2. The molecule has 0 aromatic carbocycles. The molecular weight excluding hydrogens is 164 g/mol. The molecule has 1 heterocycles. The number of H-pyrrole nitrogens is 1. The first-order valence-corrected chi connectivity index (χ1v) is 4.68. The Kier molecular flexibility index (Phi) is 4.49. The number of aromatic amines is 1. The summed E-state index contributed by atoms with van der Waals surface area (Å²) in [7, 11) is 1.97. The minimum Gasteiger partial charge on any atom is -0.320 e. The van der Waals surface area contributed by atoms with Crippen molar-refractivity contribution in [1.82, 2.24) is 20.8 Å². The monoisotopic (exact) mass is 182 g/mol. The molecule has 0 aliphatic carbocycles. The first-order chi connectivity index (χ1) is 6.34. The lowest BCUT2D eigenvalue weighted by atomic mass is 10.2. The number of nitrogens with one attached hydrogen (secondary N) is 3. The molecule has 1 aromatic heterocycles. The van der Waals surface area contributed by atoms with Gasteiger partial charge in [-0.25, -0.2) is 0 Å². The predicted molar refractivity (Wildman–Crippen MR) is 53.6 cm³/mol. The normalized spacial score (nSPS) is 10.6. The van der Waals surface area contributed by atoms with E-state index in [4.69, 9.17) is 0 Å². The Morgan fingerprint density at radius 3 is 2.92 bits per heavy atom. The molecule has 0 radical (unpaired) electrons. The van der Waals surface area contributed by atoms with Crippen LogP contribution in [0.25, 0.3) is 0 Å². The van der Waals surface area contributed by atoms with E-state index in [0.29, 0.717) is 0 Å². The molecule has 0 atom stereocenters. The average Bonchev–Trinajstić information content (AvgIpc) is 2.52.